The molecule has 0 radical (unpaired) electrons. The van der Waals surface area contributed by atoms with Gasteiger partial charge in [0, 0.05) is 0 Å². The van der Waals surface area contributed by atoms with Crippen molar-refractivity contribution in [3.05, 3.63) is 35.1 Å². The molecule has 41 heavy (non-hydrogen) atoms. The van der Waals surface area contributed by atoms with Crippen LogP contribution in [0.5, 0.6) is 5.75 Å². The van der Waals surface area contributed by atoms with E-state index in [0.29, 0.717) is 0 Å². The molecule has 0 unspecified atom stereocenters. The lowest BCUT2D eigenvalue weighted by Crippen LogP contribution is -2.72. The molecule has 0 atom stereocenters. The van der Waals surface area contributed by atoms with Crippen molar-refractivity contribution >= 4 is 10.0 Å². The van der Waals surface area contributed by atoms with Gasteiger partial charge in [-0.1, -0.05) is 0 Å². The predicted molar refractivity (Wildman–Crippen MR) is 83.3 cm³/mol. The Morgan fingerprint density at radius 2 is 0.902 bits per heavy atom. The van der Waals surface area contributed by atoms with Crippen molar-refractivity contribution in [2.45, 2.75) is 46.6 Å². The molecule has 0 heterocycles. The van der Waals surface area contributed by atoms with E-state index >= 15 is 0 Å². The number of halogens is 21. The molecule has 1 aromatic rings. The quantitative estimate of drug-likeness (QED) is 0.136. The lowest BCUT2D eigenvalue weighted by molar-refractivity contribution is -0.451. The van der Waals surface area contributed by atoms with Crippen LogP contribution in [0.3, 0.4) is 0 Å². The number of nitrogens with two attached hydrogens (primary N) is 1. The van der Waals surface area contributed by atoms with Crippen molar-refractivity contribution in [1.82, 2.24) is 0 Å². The van der Waals surface area contributed by atoms with Crippen LogP contribution in [0.2, 0.25) is 0 Å². The molecule has 0 saturated heterocycles. The Bertz CT molecular complexity index is 1350. The Morgan fingerprint density at radius 3 is 1.27 bits per heavy atom. The van der Waals surface area contributed by atoms with Gasteiger partial charge in [0.2, 0.25) is 27.5 Å². The summed E-state index contributed by atoms with van der Waals surface area (Å²) in [4.78, 5) is -2.97. The smallest absolute Gasteiger partial charge is 0.425 e. The Hall–Kier alpha value is -2.80. The van der Waals surface area contributed by atoms with Gasteiger partial charge in [-0.3, -0.25) is 0 Å². The highest BCUT2D eigenvalue weighted by Crippen LogP contribution is 2.63. The number of hydrogen-bond acceptors (Lipinski definition) is 3. The topological polar surface area (TPSA) is 69.4 Å². The van der Waals surface area contributed by atoms with Gasteiger partial charge < -0.3 is 4.74 Å². The van der Waals surface area contributed by atoms with E-state index in [2.05, 4.69) is 9.88 Å². The lowest BCUT2D eigenvalue weighted by Gasteiger charge is -2.41. The fourth-order valence-electron chi connectivity index (χ4n) is 2.30. The van der Waals surface area contributed by atoms with E-state index in [9.17, 15) is 101 Å². The van der Waals surface area contributed by atoms with Crippen molar-refractivity contribution in [2.75, 3.05) is 0 Å². The number of benzene rings is 1. The number of sulfonamides is 1. The minimum Gasteiger partial charge on any atom is -0.425 e. The second-order valence-electron chi connectivity index (χ2n) is 7.09. The molecule has 0 spiro atoms. The third-order valence-corrected chi connectivity index (χ3v) is 5.37. The van der Waals surface area contributed by atoms with E-state index in [4.69, 9.17) is 0 Å². The van der Waals surface area contributed by atoms with Crippen LogP contribution >= 0.6 is 0 Å². The molecule has 0 amide bonds. The van der Waals surface area contributed by atoms with Crippen LogP contribution in [0.1, 0.15) is 0 Å². The van der Waals surface area contributed by atoms with Crippen LogP contribution in [-0.4, -0.2) is 50.1 Å². The fourth-order valence-corrected chi connectivity index (χ4v) is 3.03. The Morgan fingerprint density at radius 1 is 0.561 bits per heavy atom. The maximum Gasteiger partial charge on any atom is 0.460 e. The van der Waals surface area contributed by atoms with Gasteiger partial charge in [-0.25, -0.2) is 26.7 Å². The zero-order valence-corrected chi connectivity index (χ0v) is 18.5. The molecule has 0 saturated carbocycles. The van der Waals surface area contributed by atoms with Crippen molar-refractivity contribution in [3.8, 4) is 5.75 Å². The van der Waals surface area contributed by atoms with E-state index in [1.54, 1.807) is 0 Å². The number of rotatable bonds is 9. The van der Waals surface area contributed by atoms with Crippen LogP contribution in [0, 0.1) is 23.3 Å². The van der Waals surface area contributed by atoms with Gasteiger partial charge in [0.1, 0.15) is 0 Å². The van der Waals surface area contributed by atoms with E-state index in [0.717, 1.165) is 0 Å². The monoisotopic (exact) mass is 675 g/mol. The van der Waals surface area contributed by atoms with Crippen LogP contribution in [0.25, 0.3) is 0 Å². The third kappa shape index (κ3) is 5.09. The number of allylic oxidation sites excluding steroid dienone is 1. The van der Waals surface area contributed by atoms with Gasteiger partial charge >= 0.3 is 47.7 Å². The van der Waals surface area contributed by atoms with Gasteiger partial charge in [-0.2, -0.15) is 79.0 Å². The van der Waals surface area contributed by atoms with E-state index in [-0.39, 0.29) is 0 Å². The molecule has 1 aromatic carbocycles. The summed E-state index contributed by atoms with van der Waals surface area (Å²) < 4.78 is 303. The van der Waals surface area contributed by atoms with Crippen LogP contribution < -0.4 is 9.88 Å². The van der Waals surface area contributed by atoms with Crippen molar-refractivity contribution in [1.29, 1.82) is 0 Å². The molecule has 0 aliphatic rings. The number of alkyl halides is 15. The van der Waals surface area contributed by atoms with Gasteiger partial charge in [0.25, 0.3) is 0 Å². The second-order valence-corrected chi connectivity index (χ2v) is 8.59. The van der Waals surface area contributed by atoms with Gasteiger partial charge in [-0.05, 0) is 0 Å². The van der Waals surface area contributed by atoms with Gasteiger partial charge in [0.15, 0.2) is 22.3 Å². The summed E-state index contributed by atoms with van der Waals surface area (Å²) in [6, 6.07) is -4.48. The minimum atomic E-state index is -8.93. The standard InChI is InChI=1S/C15H2F21NO3S/c16-1-2(17)4(19)6(41(37,38)39)5(3(1)18)40-8(21)7(20)9(22,23)10(24,25)11(26,27)12(28,29)13(30,31)14(32,33)15(34,35)36/h(H2,37,38,39). The summed E-state index contributed by atoms with van der Waals surface area (Å²) in [6.45, 7) is 0. The Kier molecular flexibility index (Phi) is 8.74. The molecular formula is C15H2F21NO3S. The molecule has 0 aromatic heterocycles. The highest BCUT2D eigenvalue weighted by atomic mass is 32.2. The molecule has 26 heteroatoms. The highest BCUT2D eigenvalue weighted by molar-refractivity contribution is 7.89. The average molecular weight is 675 g/mol. The summed E-state index contributed by atoms with van der Waals surface area (Å²) in [5, 5.41) is 4.17. The van der Waals surface area contributed by atoms with Crippen molar-refractivity contribution in [2.24, 2.45) is 5.14 Å². The minimum absolute atomic E-state index is 2.82. The zero-order valence-electron chi connectivity index (χ0n) is 17.6. The first-order valence-electron chi connectivity index (χ1n) is 8.65. The van der Waals surface area contributed by atoms with E-state index in [1.807, 2.05) is 0 Å². The highest BCUT2D eigenvalue weighted by Gasteiger charge is 2.93. The Labute approximate surface area is 209 Å². The zero-order chi connectivity index (χ0) is 33.3. The normalized spacial score (nSPS) is 15.7. The Balaban J connectivity index is 3.89. The number of primary sulfonamides is 1. The van der Waals surface area contributed by atoms with Crippen molar-refractivity contribution < 1.29 is 105 Å². The van der Waals surface area contributed by atoms with Gasteiger partial charge in [0.05, 0.1) is 0 Å². The molecule has 0 fully saturated rings. The molecule has 2 N–H and O–H groups in total. The summed E-state index contributed by atoms with van der Waals surface area (Å²) >= 11 is 0. The molecule has 238 valence electrons. The molecule has 0 bridgehead atoms. The van der Waals surface area contributed by atoms with Crippen molar-refractivity contribution in [3.63, 3.8) is 0 Å². The third-order valence-electron chi connectivity index (χ3n) is 4.44. The first-order chi connectivity index (χ1) is 17.7. The maximum absolute atomic E-state index is 13.8. The summed E-state index contributed by atoms with van der Waals surface area (Å²) in [5.74, 6) is -73.3. The molecule has 0 aliphatic heterocycles. The molecule has 0 aliphatic carbocycles. The van der Waals surface area contributed by atoms with Crippen LogP contribution in [0.4, 0.5) is 92.2 Å². The average Bonchev–Trinajstić information content (AvgIpc) is 2.78. The summed E-state index contributed by atoms with van der Waals surface area (Å²) in [7, 11) is -6.11. The first kappa shape index (κ1) is 36.2. The fraction of sp³-hybridized carbons (Fsp3) is 0.467. The summed E-state index contributed by atoms with van der Waals surface area (Å²) in [6.07, 6.45) is -7.97. The van der Waals surface area contributed by atoms with E-state index in [1.165, 1.54) is 0 Å². The van der Waals surface area contributed by atoms with Crippen LogP contribution in [0.15, 0.2) is 16.7 Å². The molecule has 4 nitrogen and oxygen atoms in total. The van der Waals surface area contributed by atoms with E-state index < -0.39 is 97.5 Å². The number of hydrogen-bond donors (Lipinski definition) is 1. The number of ether oxygens (including phenoxy) is 1. The lowest BCUT2D eigenvalue weighted by atomic mass is 9.91. The molecular weight excluding hydrogens is 673 g/mol. The first-order valence-corrected chi connectivity index (χ1v) is 10.2. The second kappa shape index (κ2) is 9.89. The summed E-state index contributed by atoms with van der Waals surface area (Å²) in [5.41, 5.74) is 0. The van der Waals surface area contributed by atoms with Gasteiger partial charge in [-0.15, -0.1) is 0 Å². The maximum atomic E-state index is 13.8. The van der Waals surface area contributed by atoms with Crippen LogP contribution in [-0.2, 0) is 10.0 Å². The predicted octanol–water partition coefficient (Wildman–Crippen LogP) is 6.75. The SMILES string of the molecule is NS(=O)(=O)c1c(F)c(F)c(F)c(F)c1OC(F)=C(F)C(F)(F)C(F)(F)C(F)(F)C(F)(F)C(F)(F)C(F)(F)C(F)(F)F. The molecule has 1 rings (SSSR count). The largest absolute Gasteiger partial charge is 0.460 e.